The molecule has 2 rings (SSSR count). The highest BCUT2D eigenvalue weighted by Gasteiger charge is 2.00. The number of aromatic hydroxyl groups is 1. The van der Waals surface area contributed by atoms with Crippen molar-refractivity contribution < 1.29 is 9.84 Å². The molecule has 0 fully saturated rings. The Bertz CT molecular complexity index is 653. The number of rotatable bonds is 4. The van der Waals surface area contributed by atoms with Gasteiger partial charge in [0.15, 0.2) is 17.3 Å². The molecule has 98 valence electrons. The molecule has 0 spiro atoms. The van der Waals surface area contributed by atoms with E-state index in [2.05, 4.69) is 25.7 Å². The van der Waals surface area contributed by atoms with Gasteiger partial charge in [-0.3, -0.25) is 5.43 Å². The highest BCUT2D eigenvalue weighted by Crippen LogP contribution is 2.25. The summed E-state index contributed by atoms with van der Waals surface area (Å²) in [6.07, 6.45) is 2.82. The zero-order valence-corrected chi connectivity index (χ0v) is 9.99. The van der Waals surface area contributed by atoms with E-state index in [0.29, 0.717) is 11.3 Å². The van der Waals surface area contributed by atoms with Gasteiger partial charge in [0.25, 0.3) is 0 Å². The third-order valence-electron chi connectivity index (χ3n) is 2.17. The summed E-state index contributed by atoms with van der Waals surface area (Å²) in [5.41, 5.74) is 2.70. The average Bonchev–Trinajstić information content (AvgIpc) is 2.41. The van der Waals surface area contributed by atoms with E-state index >= 15 is 0 Å². The van der Waals surface area contributed by atoms with Crippen molar-refractivity contribution >= 4 is 12.0 Å². The fraction of sp³-hybridized carbons (Fsp3) is 0.0909. The molecule has 1 aromatic carbocycles. The minimum Gasteiger partial charge on any atom is -0.504 e. The molecule has 0 radical (unpaired) electrons. The monoisotopic (exact) mass is 261 g/mol. The Morgan fingerprint density at radius 2 is 2.37 bits per heavy atom. The Morgan fingerprint density at radius 3 is 3.11 bits per heavy atom. The van der Waals surface area contributed by atoms with E-state index in [1.54, 1.807) is 12.1 Å². The van der Waals surface area contributed by atoms with E-state index in [9.17, 15) is 9.90 Å². The lowest BCUT2D eigenvalue weighted by molar-refractivity contribution is 0.373. The molecule has 0 bridgehead atoms. The first kappa shape index (κ1) is 12.6. The molecular weight excluding hydrogens is 250 g/mol. The van der Waals surface area contributed by atoms with E-state index in [4.69, 9.17) is 4.74 Å². The number of aromatic amines is 1. The number of hydrogen-bond donors (Lipinski definition) is 3. The molecule has 8 nitrogen and oxygen atoms in total. The molecule has 0 amide bonds. The van der Waals surface area contributed by atoms with Crippen molar-refractivity contribution in [2.45, 2.75) is 0 Å². The predicted octanol–water partition coefficient (Wildman–Crippen LogP) is 0.325. The molecule has 0 aliphatic carbocycles. The molecule has 2 aromatic rings. The van der Waals surface area contributed by atoms with Crippen LogP contribution in [0, 0.1) is 0 Å². The molecule has 0 saturated heterocycles. The van der Waals surface area contributed by atoms with Gasteiger partial charge in [0.2, 0.25) is 0 Å². The molecule has 0 aliphatic rings. The van der Waals surface area contributed by atoms with Crippen molar-refractivity contribution in [3.8, 4) is 11.5 Å². The molecule has 0 unspecified atom stereocenters. The highest BCUT2D eigenvalue weighted by molar-refractivity contribution is 5.81. The molecule has 8 heteroatoms. The van der Waals surface area contributed by atoms with Crippen molar-refractivity contribution in [1.29, 1.82) is 0 Å². The van der Waals surface area contributed by atoms with Crippen molar-refractivity contribution in [2.75, 3.05) is 12.5 Å². The van der Waals surface area contributed by atoms with Crippen LogP contribution in [0.15, 0.2) is 34.3 Å². The van der Waals surface area contributed by atoms with Gasteiger partial charge in [-0.2, -0.15) is 15.2 Å². The lowest BCUT2D eigenvalue weighted by Crippen LogP contribution is -2.13. The van der Waals surface area contributed by atoms with Gasteiger partial charge >= 0.3 is 5.69 Å². The topological polar surface area (TPSA) is 112 Å². The Labute approximate surface area is 107 Å². The second-order valence-corrected chi connectivity index (χ2v) is 3.47. The Morgan fingerprint density at radius 1 is 1.53 bits per heavy atom. The maximum Gasteiger partial charge on any atom is 0.363 e. The van der Waals surface area contributed by atoms with E-state index < -0.39 is 5.69 Å². The van der Waals surface area contributed by atoms with Crippen LogP contribution < -0.4 is 15.9 Å². The average molecular weight is 261 g/mol. The van der Waals surface area contributed by atoms with E-state index in [1.807, 2.05) is 0 Å². The number of anilines is 1. The molecule has 0 atom stereocenters. The molecule has 0 saturated carbocycles. The van der Waals surface area contributed by atoms with Crippen LogP contribution in [-0.2, 0) is 0 Å². The number of hydrogen-bond acceptors (Lipinski definition) is 7. The number of phenolic OH excluding ortho intramolecular Hbond substituents is 1. The summed E-state index contributed by atoms with van der Waals surface area (Å²) in [5, 5.41) is 19.0. The second-order valence-electron chi connectivity index (χ2n) is 3.47. The zero-order chi connectivity index (χ0) is 13.7. The van der Waals surface area contributed by atoms with E-state index in [0.717, 1.165) is 0 Å². The van der Waals surface area contributed by atoms with Gasteiger partial charge in [0, 0.05) is 0 Å². The summed E-state index contributed by atoms with van der Waals surface area (Å²) in [7, 11) is 1.46. The van der Waals surface area contributed by atoms with Gasteiger partial charge in [-0.05, 0) is 23.8 Å². The van der Waals surface area contributed by atoms with Crippen molar-refractivity contribution in [3.63, 3.8) is 0 Å². The number of nitrogens with zero attached hydrogens (tertiary/aromatic N) is 3. The number of hydrazone groups is 1. The summed E-state index contributed by atoms with van der Waals surface area (Å²) in [5.74, 6) is 0.624. The SMILES string of the molecule is COc1cc(/C=N\Nc2cn[nH]c(=O)n2)ccc1O. The largest absolute Gasteiger partial charge is 0.504 e. The van der Waals surface area contributed by atoms with Crippen LogP contribution in [-0.4, -0.2) is 33.6 Å². The lowest BCUT2D eigenvalue weighted by atomic mass is 10.2. The molecule has 3 N–H and O–H groups in total. The summed E-state index contributed by atoms with van der Waals surface area (Å²) < 4.78 is 4.97. The second kappa shape index (κ2) is 5.63. The maximum absolute atomic E-state index is 10.9. The molecule has 0 aliphatic heterocycles. The van der Waals surface area contributed by atoms with Crippen molar-refractivity contribution in [2.24, 2.45) is 5.10 Å². The summed E-state index contributed by atoms with van der Waals surface area (Å²) in [6, 6.07) is 4.77. The number of nitrogens with one attached hydrogen (secondary N) is 2. The number of benzene rings is 1. The minimum atomic E-state index is -0.563. The molecule has 1 heterocycles. The first-order valence-electron chi connectivity index (χ1n) is 5.27. The highest BCUT2D eigenvalue weighted by atomic mass is 16.5. The quantitative estimate of drug-likeness (QED) is 0.540. The first-order valence-corrected chi connectivity index (χ1v) is 5.27. The molecular formula is C11H11N5O3. The van der Waals surface area contributed by atoms with Crippen LogP contribution >= 0.6 is 0 Å². The van der Waals surface area contributed by atoms with Crippen molar-refractivity contribution in [3.05, 3.63) is 40.4 Å². The van der Waals surface area contributed by atoms with Crippen LogP contribution in [0.4, 0.5) is 5.82 Å². The Kier molecular flexibility index (Phi) is 3.72. The Balaban J connectivity index is 2.09. The normalized spacial score (nSPS) is 10.6. The third-order valence-corrected chi connectivity index (χ3v) is 2.17. The summed E-state index contributed by atoms with van der Waals surface area (Å²) >= 11 is 0. The fourth-order valence-corrected chi connectivity index (χ4v) is 1.31. The Hall–Kier alpha value is -2.90. The van der Waals surface area contributed by atoms with Crippen LogP contribution in [0.3, 0.4) is 0 Å². The predicted molar refractivity (Wildman–Crippen MR) is 68.5 cm³/mol. The van der Waals surface area contributed by atoms with Crippen molar-refractivity contribution in [1.82, 2.24) is 15.2 Å². The van der Waals surface area contributed by atoms with Gasteiger partial charge < -0.3 is 9.84 Å². The standard InChI is InChI=1S/C11H11N5O3/c1-19-9-4-7(2-3-8(9)17)5-12-15-10-6-13-16-11(18)14-10/h2-6,17H,1H3,(H2,14,15,16,18)/b12-5-. The number of methoxy groups -OCH3 is 1. The summed E-state index contributed by atoms with van der Waals surface area (Å²) in [6.45, 7) is 0. The van der Waals surface area contributed by atoms with Crippen LogP contribution in [0.25, 0.3) is 0 Å². The van der Waals surface area contributed by atoms with Gasteiger partial charge in [-0.15, -0.1) is 0 Å². The molecule has 1 aromatic heterocycles. The van der Waals surface area contributed by atoms with Gasteiger partial charge in [-0.1, -0.05) is 0 Å². The third kappa shape index (κ3) is 3.28. The maximum atomic E-state index is 10.9. The number of ether oxygens (including phenoxy) is 1. The van der Waals surface area contributed by atoms with Gasteiger partial charge in [0.05, 0.1) is 19.5 Å². The fourth-order valence-electron chi connectivity index (χ4n) is 1.31. The van der Waals surface area contributed by atoms with Gasteiger partial charge in [0.1, 0.15) is 0 Å². The zero-order valence-electron chi connectivity index (χ0n) is 9.99. The van der Waals surface area contributed by atoms with Crippen LogP contribution in [0.5, 0.6) is 11.5 Å². The van der Waals surface area contributed by atoms with E-state index in [-0.39, 0.29) is 11.6 Å². The molecule has 19 heavy (non-hydrogen) atoms. The minimum absolute atomic E-state index is 0.0491. The lowest BCUT2D eigenvalue weighted by Gasteiger charge is -2.03. The number of H-pyrrole nitrogens is 1. The number of phenols is 1. The van der Waals surface area contributed by atoms with Crippen LogP contribution in [0.2, 0.25) is 0 Å². The van der Waals surface area contributed by atoms with Crippen LogP contribution in [0.1, 0.15) is 5.56 Å². The van der Waals surface area contributed by atoms with E-state index in [1.165, 1.54) is 25.6 Å². The summed E-state index contributed by atoms with van der Waals surface area (Å²) in [4.78, 5) is 14.5. The van der Waals surface area contributed by atoms with Gasteiger partial charge in [-0.25, -0.2) is 9.89 Å². The first-order chi connectivity index (χ1) is 9.19. The smallest absolute Gasteiger partial charge is 0.363 e. The number of aromatic nitrogens is 3.